The molecule has 2 nitrogen and oxygen atoms in total. The quantitative estimate of drug-likeness (QED) is 0.917. The van der Waals surface area contributed by atoms with Gasteiger partial charge in [-0.05, 0) is 30.7 Å². The van der Waals surface area contributed by atoms with Gasteiger partial charge in [-0.15, -0.1) is 0 Å². The molecule has 0 aliphatic carbocycles. The highest BCUT2D eigenvalue weighted by molar-refractivity contribution is 6.30. The minimum absolute atomic E-state index is 0.0516. The van der Waals surface area contributed by atoms with Crippen molar-refractivity contribution >= 4 is 11.6 Å². The molecule has 0 fully saturated rings. The molecule has 0 heterocycles. The molecule has 2 N–H and O–H groups in total. The van der Waals surface area contributed by atoms with E-state index in [0.717, 1.165) is 0 Å². The van der Waals surface area contributed by atoms with Crippen LogP contribution in [0.3, 0.4) is 0 Å². The second kappa shape index (κ2) is 6.20. The second-order valence-electron chi connectivity index (χ2n) is 4.51. The Hall–Kier alpha value is -1.65. The molecule has 0 saturated carbocycles. The van der Waals surface area contributed by atoms with E-state index in [9.17, 15) is 8.78 Å². The normalized spacial score (nSPS) is 12.2. The van der Waals surface area contributed by atoms with Gasteiger partial charge in [-0.2, -0.15) is 0 Å². The smallest absolute Gasteiger partial charge is 0.142 e. The van der Waals surface area contributed by atoms with Crippen LogP contribution in [-0.4, -0.2) is 0 Å². The zero-order valence-electron chi connectivity index (χ0n) is 10.9. The lowest BCUT2D eigenvalue weighted by atomic mass is 10.1. The number of ether oxygens (including phenoxy) is 1. The Bertz CT molecular complexity index is 617. The summed E-state index contributed by atoms with van der Waals surface area (Å²) in [4.78, 5) is 0. The average Bonchev–Trinajstić information content (AvgIpc) is 2.40. The molecular formula is C15H14ClF2NO. The SMILES string of the molecule is CC(N)c1ccc(F)cc1OCc1ccc(Cl)c(F)c1. The molecule has 1 unspecified atom stereocenters. The number of hydrogen-bond donors (Lipinski definition) is 1. The number of rotatable bonds is 4. The van der Waals surface area contributed by atoms with E-state index in [1.54, 1.807) is 19.1 Å². The summed E-state index contributed by atoms with van der Waals surface area (Å²) in [6.07, 6.45) is 0. The van der Waals surface area contributed by atoms with Crippen molar-refractivity contribution in [3.05, 3.63) is 64.2 Å². The minimum Gasteiger partial charge on any atom is -0.488 e. The first kappa shape index (κ1) is 14.8. The Balaban J connectivity index is 2.17. The van der Waals surface area contributed by atoms with E-state index in [0.29, 0.717) is 16.9 Å². The number of hydrogen-bond acceptors (Lipinski definition) is 2. The minimum atomic E-state index is -0.514. The first-order chi connectivity index (χ1) is 9.47. The van der Waals surface area contributed by atoms with Crippen molar-refractivity contribution < 1.29 is 13.5 Å². The van der Waals surface area contributed by atoms with Gasteiger partial charge in [-0.25, -0.2) is 8.78 Å². The lowest BCUT2D eigenvalue weighted by molar-refractivity contribution is 0.299. The monoisotopic (exact) mass is 297 g/mol. The van der Waals surface area contributed by atoms with Gasteiger partial charge >= 0.3 is 0 Å². The van der Waals surface area contributed by atoms with Gasteiger partial charge in [0.1, 0.15) is 24.0 Å². The van der Waals surface area contributed by atoms with Gasteiger partial charge in [-0.1, -0.05) is 23.7 Å². The zero-order chi connectivity index (χ0) is 14.7. The maximum atomic E-state index is 13.3. The standard InChI is InChI=1S/C15H14ClF2NO/c1-9(19)12-4-3-11(17)7-15(12)20-8-10-2-5-13(16)14(18)6-10/h2-7,9H,8,19H2,1H3. The van der Waals surface area contributed by atoms with Crippen molar-refractivity contribution in [1.29, 1.82) is 0 Å². The molecule has 20 heavy (non-hydrogen) atoms. The molecule has 0 saturated heterocycles. The predicted molar refractivity (Wildman–Crippen MR) is 74.7 cm³/mol. The molecule has 0 aliphatic rings. The van der Waals surface area contributed by atoms with Gasteiger partial charge in [0.15, 0.2) is 0 Å². The molecule has 1 atom stereocenters. The van der Waals surface area contributed by atoms with Gasteiger partial charge in [0.2, 0.25) is 0 Å². The molecule has 0 bridgehead atoms. The van der Waals surface area contributed by atoms with Crippen molar-refractivity contribution in [2.45, 2.75) is 19.6 Å². The van der Waals surface area contributed by atoms with E-state index in [4.69, 9.17) is 22.1 Å². The first-order valence-electron chi connectivity index (χ1n) is 6.09. The third-order valence-corrected chi connectivity index (χ3v) is 3.15. The van der Waals surface area contributed by atoms with Crippen molar-refractivity contribution in [1.82, 2.24) is 0 Å². The van der Waals surface area contributed by atoms with Crippen LogP contribution in [0.5, 0.6) is 5.75 Å². The number of halogens is 3. The van der Waals surface area contributed by atoms with Crippen LogP contribution in [0.15, 0.2) is 36.4 Å². The molecule has 2 aromatic rings. The molecule has 0 radical (unpaired) electrons. The van der Waals surface area contributed by atoms with Crippen LogP contribution in [0.1, 0.15) is 24.1 Å². The molecule has 106 valence electrons. The fraction of sp³-hybridized carbons (Fsp3) is 0.200. The van der Waals surface area contributed by atoms with Crippen LogP contribution in [-0.2, 0) is 6.61 Å². The van der Waals surface area contributed by atoms with Gasteiger partial charge in [-0.3, -0.25) is 0 Å². The zero-order valence-corrected chi connectivity index (χ0v) is 11.6. The highest BCUT2D eigenvalue weighted by Gasteiger charge is 2.10. The van der Waals surface area contributed by atoms with E-state index in [1.807, 2.05) is 0 Å². The van der Waals surface area contributed by atoms with Crippen LogP contribution < -0.4 is 10.5 Å². The lowest BCUT2D eigenvalue weighted by Crippen LogP contribution is -2.08. The Morgan fingerprint density at radius 3 is 2.60 bits per heavy atom. The maximum absolute atomic E-state index is 13.3. The third-order valence-electron chi connectivity index (χ3n) is 2.84. The summed E-state index contributed by atoms with van der Waals surface area (Å²) >= 11 is 5.60. The van der Waals surface area contributed by atoms with E-state index in [1.165, 1.54) is 24.3 Å². The third kappa shape index (κ3) is 3.46. The van der Waals surface area contributed by atoms with Gasteiger partial charge in [0.25, 0.3) is 0 Å². The fourth-order valence-corrected chi connectivity index (χ4v) is 1.92. The summed E-state index contributed by atoms with van der Waals surface area (Å²) in [7, 11) is 0. The van der Waals surface area contributed by atoms with Gasteiger partial charge in [0.05, 0.1) is 5.02 Å². The summed E-state index contributed by atoms with van der Waals surface area (Å²) in [5, 5.41) is 0.0516. The van der Waals surface area contributed by atoms with Crippen LogP contribution >= 0.6 is 11.6 Å². The van der Waals surface area contributed by atoms with Gasteiger partial charge < -0.3 is 10.5 Å². The Labute approximate surface area is 121 Å². The topological polar surface area (TPSA) is 35.2 Å². The number of benzene rings is 2. The first-order valence-corrected chi connectivity index (χ1v) is 6.47. The van der Waals surface area contributed by atoms with Crippen LogP contribution in [0.25, 0.3) is 0 Å². The summed E-state index contributed by atoms with van der Waals surface area (Å²) in [6, 6.07) is 8.28. The van der Waals surface area contributed by atoms with E-state index in [2.05, 4.69) is 0 Å². The molecule has 0 spiro atoms. The van der Waals surface area contributed by atoms with Crippen molar-refractivity contribution in [3.63, 3.8) is 0 Å². The van der Waals surface area contributed by atoms with E-state index < -0.39 is 11.6 Å². The lowest BCUT2D eigenvalue weighted by Gasteiger charge is -2.14. The molecule has 0 aliphatic heterocycles. The van der Waals surface area contributed by atoms with Crippen molar-refractivity contribution in [2.24, 2.45) is 5.73 Å². The van der Waals surface area contributed by atoms with Crippen molar-refractivity contribution in [3.8, 4) is 5.75 Å². The molecular weight excluding hydrogens is 284 g/mol. The highest BCUT2D eigenvalue weighted by atomic mass is 35.5. The average molecular weight is 298 g/mol. The molecule has 2 rings (SSSR count). The van der Waals surface area contributed by atoms with Crippen LogP contribution in [0, 0.1) is 11.6 Å². The molecule has 0 aromatic heterocycles. The fourth-order valence-electron chi connectivity index (χ4n) is 1.80. The molecule has 0 amide bonds. The molecule has 5 heteroatoms. The summed E-state index contributed by atoms with van der Waals surface area (Å²) in [5.74, 6) is -0.568. The Morgan fingerprint density at radius 2 is 1.95 bits per heavy atom. The Morgan fingerprint density at radius 1 is 1.20 bits per heavy atom. The maximum Gasteiger partial charge on any atom is 0.142 e. The second-order valence-corrected chi connectivity index (χ2v) is 4.92. The van der Waals surface area contributed by atoms with E-state index in [-0.39, 0.29) is 17.7 Å². The highest BCUT2D eigenvalue weighted by Crippen LogP contribution is 2.26. The Kier molecular flexibility index (Phi) is 4.57. The van der Waals surface area contributed by atoms with Crippen LogP contribution in [0.4, 0.5) is 8.78 Å². The van der Waals surface area contributed by atoms with Gasteiger partial charge in [0, 0.05) is 17.7 Å². The van der Waals surface area contributed by atoms with Crippen LogP contribution in [0.2, 0.25) is 5.02 Å². The summed E-state index contributed by atoms with van der Waals surface area (Å²) in [5.41, 5.74) is 7.10. The predicted octanol–water partition coefficient (Wildman–Crippen LogP) is 4.22. The largest absolute Gasteiger partial charge is 0.488 e. The number of nitrogens with two attached hydrogens (primary N) is 1. The summed E-state index contributed by atoms with van der Waals surface area (Å²) < 4.78 is 32.1. The van der Waals surface area contributed by atoms with E-state index >= 15 is 0 Å². The van der Waals surface area contributed by atoms with Crippen molar-refractivity contribution in [2.75, 3.05) is 0 Å². The molecule has 2 aromatic carbocycles. The summed E-state index contributed by atoms with van der Waals surface area (Å²) in [6.45, 7) is 1.89.